The number of piperidine rings is 1. The van der Waals surface area contributed by atoms with E-state index in [-0.39, 0.29) is 23.8 Å². The zero-order chi connectivity index (χ0) is 19.8. The quantitative estimate of drug-likeness (QED) is 0.732. The highest BCUT2D eigenvalue weighted by molar-refractivity contribution is 5.99. The Balaban J connectivity index is 1.96. The number of amides is 2. The summed E-state index contributed by atoms with van der Waals surface area (Å²) >= 11 is 0. The van der Waals surface area contributed by atoms with E-state index in [2.05, 4.69) is 29.4 Å². The molecular weight excluding hydrogens is 338 g/mol. The largest absolute Gasteiger partial charge is 0.371 e. The number of anilines is 1. The Bertz CT molecular complexity index is 624. The van der Waals surface area contributed by atoms with Gasteiger partial charge in [0.2, 0.25) is 5.91 Å². The van der Waals surface area contributed by atoms with Crippen LogP contribution >= 0.6 is 0 Å². The summed E-state index contributed by atoms with van der Waals surface area (Å²) in [6, 6.07) is 8.06. The molecule has 5 nitrogen and oxygen atoms in total. The second-order valence-electron chi connectivity index (χ2n) is 7.82. The monoisotopic (exact) mass is 373 g/mol. The Morgan fingerprint density at radius 1 is 1.11 bits per heavy atom. The number of nitrogens with zero attached hydrogens (tertiary/aromatic N) is 1. The SMILES string of the molecule is CCC(C)CNC(=O)c1ccccc1N1CCC(NC(=O)C(C)CC)CC1. The van der Waals surface area contributed by atoms with Gasteiger partial charge in [-0.2, -0.15) is 0 Å². The number of para-hydroxylation sites is 1. The van der Waals surface area contributed by atoms with Gasteiger partial charge in [0.25, 0.3) is 5.91 Å². The van der Waals surface area contributed by atoms with E-state index in [1.165, 1.54) is 0 Å². The van der Waals surface area contributed by atoms with Crippen molar-refractivity contribution in [1.29, 1.82) is 0 Å². The third-order valence-electron chi connectivity index (χ3n) is 5.70. The molecule has 0 spiro atoms. The van der Waals surface area contributed by atoms with Crippen LogP contribution in [-0.4, -0.2) is 37.5 Å². The van der Waals surface area contributed by atoms with Gasteiger partial charge in [-0.1, -0.05) is 46.2 Å². The van der Waals surface area contributed by atoms with Crippen molar-refractivity contribution in [3.05, 3.63) is 29.8 Å². The van der Waals surface area contributed by atoms with Gasteiger partial charge in [0.05, 0.1) is 5.56 Å². The Morgan fingerprint density at radius 2 is 1.78 bits per heavy atom. The zero-order valence-corrected chi connectivity index (χ0v) is 17.3. The van der Waals surface area contributed by atoms with Crippen molar-refractivity contribution in [3.8, 4) is 0 Å². The first-order chi connectivity index (χ1) is 13.0. The Kier molecular flexibility index (Phi) is 8.14. The van der Waals surface area contributed by atoms with Crippen LogP contribution in [0.5, 0.6) is 0 Å². The van der Waals surface area contributed by atoms with Gasteiger partial charge in [-0.3, -0.25) is 9.59 Å². The molecule has 1 saturated heterocycles. The minimum Gasteiger partial charge on any atom is -0.371 e. The number of hydrogen-bond donors (Lipinski definition) is 2. The van der Waals surface area contributed by atoms with Gasteiger partial charge in [0, 0.05) is 37.3 Å². The molecule has 2 atom stereocenters. The van der Waals surface area contributed by atoms with Crippen molar-refractivity contribution < 1.29 is 9.59 Å². The van der Waals surface area contributed by atoms with Gasteiger partial charge >= 0.3 is 0 Å². The van der Waals surface area contributed by atoms with Crippen LogP contribution in [0.25, 0.3) is 0 Å². The molecular formula is C22H35N3O2. The maximum Gasteiger partial charge on any atom is 0.253 e. The van der Waals surface area contributed by atoms with Crippen molar-refractivity contribution in [2.45, 2.75) is 59.4 Å². The first-order valence-electron chi connectivity index (χ1n) is 10.4. The average Bonchev–Trinajstić information content (AvgIpc) is 2.71. The Morgan fingerprint density at radius 3 is 2.41 bits per heavy atom. The number of rotatable bonds is 8. The lowest BCUT2D eigenvalue weighted by Crippen LogP contribution is -2.46. The summed E-state index contributed by atoms with van der Waals surface area (Å²) < 4.78 is 0. The van der Waals surface area contributed by atoms with E-state index in [0.717, 1.165) is 50.0 Å². The smallest absolute Gasteiger partial charge is 0.253 e. The number of carbonyl (C=O) groups is 2. The van der Waals surface area contributed by atoms with Crippen molar-refractivity contribution in [2.24, 2.45) is 11.8 Å². The second kappa shape index (κ2) is 10.3. The molecule has 0 aliphatic carbocycles. The lowest BCUT2D eigenvalue weighted by Gasteiger charge is -2.35. The normalized spacial score (nSPS) is 17.3. The van der Waals surface area contributed by atoms with Crippen LogP contribution in [0.4, 0.5) is 5.69 Å². The standard InChI is InChI=1S/C22H35N3O2/c1-5-16(3)15-23-22(27)19-9-7-8-10-20(19)25-13-11-18(12-14-25)24-21(26)17(4)6-2/h7-10,16-18H,5-6,11-15H2,1-4H3,(H,23,27)(H,24,26). The summed E-state index contributed by atoms with van der Waals surface area (Å²) in [4.78, 5) is 27.0. The lowest BCUT2D eigenvalue weighted by atomic mass is 10.0. The van der Waals surface area contributed by atoms with Crippen molar-refractivity contribution in [2.75, 3.05) is 24.5 Å². The summed E-state index contributed by atoms with van der Waals surface area (Å²) in [5, 5.41) is 6.23. The topological polar surface area (TPSA) is 61.4 Å². The number of hydrogen-bond acceptors (Lipinski definition) is 3. The molecule has 0 radical (unpaired) electrons. The lowest BCUT2D eigenvalue weighted by molar-refractivity contribution is -0.125. The average molecular weight is 374 g/mol. The molecule has 0 aromatic heterocycles. The van der Waals surface area contributed by atoms with Crippen LogP contribution in [0.15, 0.2) is 24.3 Å². The molecule has 2 rings (SSSR count). The summed E-state index contributed by atoms with van der Waals surface area (Å²) in [5.41, 5.74) is 1.73. The maximum atomic E-state index is 12.7. The van der Waals surface area contributed by atoms with E-state index in [1.54, 1.807) is 0 Å². The van der Waals surface area contributed by atoms with E-state index in [9.17, 15) is 9.59 Å². The molecule has 1 aliphatic rings. The van der Waals surface area contributed by atoms with Gasteiger partial charge < -0.3 is 15.5 Å². The van der Waals surface area contributed by atoms with Crippen LogP contribution < -0.4 is 15.5 Å². The van der Waals surface area contributed by atoms with Crippen LogP contribution in [-0.2, 0) is 4.79 Å². The third kappa shape index (κ3) is 5.98. The fourth-order valence-corrected chi connectivity index (χ4v) is 3.24. The molecule has 1 heterocycles. The van der Waals surface area contributed by atoms with Gasteiger partial charge in [0.15, 0.2) is 0 Å². The number of benzene rings is 1. The van der Waals surface area contributed by atoms with Gasteiger partial charge in [-0.25, -0.2) is 0 Å². The molecule has 0 saturated carbocycles. The van der Waals surface area contributed by atoms with Gasteiger partial charge in [-0.15, -0.1) is 0 Å². The van der Waals surface area contributed by atoms with Crippen molar-refractivity contribution in [1.82, 2.24) is 10.6 Å². The second-order valence-corrected chi connectivity index (χ2v) is 7.82. The molecule has 2 N–H and O–H groups in total. The predicted molar refractivity (Wildman–Crippen MR) is 111 cm³/mol. The molecule has 5 heteroatoms. The summed E-state index contributed by atoms with van der Waals surface area (Å²) in [7, 11) is 0. The number of nitrogens with one attached hydrogen (secondary N) is 2. The van der Waals surface area contributed by atoms with Gasteiger partial charge in [-0.05, 0) is 37.3 Å². The van der Waals surface area contributed by atoms with E-state index < -0.39 is 0 Å². The van der Waals surface area contributed by atoms with Crippen LogP contribution in [0.3, 0.4) is 0 Å². The summed E-state index contributed by atoms with van der Waals surface area (Å²) in [6.45, 7) is 10.7. The minimum atomic E-state index is -0.00176. The molecule has 2 unspecified atom stereocenters. The zero-order valence-electron chi connectivity index (χ0n) is 17.3. The van der Waals surface area contributed by atoms with E-state index in [4.69, 9.17) is 0 Å². The first-order valence-corrected chi connectivity index (χ1v) is 10.4. The highest BCUT2D eigenvalue weighted by Crippen LogP contribution is 2.24. The molecule has 1 aliphatic heterocycles. The number of carbonyl (C=O) groups excluding carboxylic acids is 2. The minimum absolute atomic E-state index is 0.00176. The van der Waals surface area contributed by atoms with Crippen LogP contribution in [0.2, 0.25) is 0 Å². The predicted octanol–water partition coefficient (Wildman–Crippen LogP) is 3.59. The molecule has 1 aromatic carbocycles. The van der Waals surface area contributed by atoms with Crippen molar-refractivity contribution >= 4 is 17.5 Å². The van der Waals surface area contributed by atoms with Crippen LogP contribution in [0, 0.1) is 11.8 Å². The van der Waals surface area contributed by atoms with E-state index >= 15 is 0 Å². The summed E-state index contributed by atoms with van der Waals surface area (Å²) in [6.07, 6.45) is 3.73. The molecule has 1 fully saturated rings. The first kappa shape index (κ1) is 21.3. The van der Waals surface area contributed by atoms with Crippen LogP contribution in [0.1, 0.15) is 63.7 Å². The molecule has 2 amide bonds. The summed E-state index contributed by atoms with van der Waals surface area (Å²) in [5.74, 6) is 0.697. The fourth-order valence-electron chi connectivity index (χ4n) is 3.24. The highest BCUT2D eigenvalue weighted by atomic mass is 16.2. The fraction of sp³-hybridized carbons (Fsp3) is 0.636. The third-order valence-corrected chi connectivity index (χ3v) is 5.70. The maximum absolute atomic E-state index is 12.7. The Hall–Kier alpha value is -2.04. The molecule has 27 heavy (non-hydrogen) atoms. The van der Waals surface area contributed by atoms with E-state index in [1.807, 2.05) is 38.1 Å². The van der Waals surface area contributed by atoms with Crippen molar-refractivity contribution in [3.63, 3.8) is 0 Å². The van der Waals surface area contributed by atoms with E-state index in [0.29, 0.717) is 12.5 Å². The molecule has 1 aromatic rings. The molecule has 150 valence electrons. The highest BCUT2D eigenvalue weighted by Gasteiger charge is 2.24. The van der Waals surface area contributed by atoms with Gasteiger partial charge in [0.1, 0.15) is 0 Å². The Labute approximate surface area is 163 Å². The molecule has 0 bridgehead atoms.